The van der Waals surface area contributed by atoms with Crippen molar-refractivity contribution in [3.05, 3.63) is 29.7 Å². The maximum Gasteiger partial charge on any atom is 0.210 e. The van der Waals surface area contributed by atoms with Crippen molar-refractivity contribution in [1.29, 1.82) is 0 Å². The molecule has 0 spiro atoms. The van der Waals surface area contributed by atoms with Crippen LogP contribution in [0.4, 0.5) is 0 Å². The Balaban J connectivity index is 1.79. The maximum absolute atomic E-state index is 12.5. The molecule has 1 aliphatic heterocycles. The monoisotopic (exact) mass is 307 g/mol. The summed E-state index contributed by atoms with van der Waals surface area (Å²) in [6.45, 7) is 4.25. The van der Waals surface area contributed by atoms with E-state index in [9.17, 15) is 4.79 Å². The molecule has 1 aromatic heterocycles. The van der Waals surface area contributed by atoms with Crippen LogP contribution in [0, 0.1) is 0 Å². The van der Waals surface area contributed by atoms with Gasteiger partial charge in [0, 0.05) is 26.2 Å². The summed E-state index contributed by atoms with van der Waals surface area (Å²) in [6.07, 6.45) is 0. The molecule has 0 atom stereocenters. The lowest BCUT2D eigenvalue weighted by molar-refractivity contribution is 0.0877. The molecule has 0 saturated carbocycles. The summed E-state index contributed by atoms with van der Waals surface area (Å²) in [6, 6.07) is 5.46. The minimum Gasteiger partial charge on any atom is -0.439 e. The smallest absolute Gasteiger partial charge is 0.210 e. The Hall–Kier alpha value is -1.43. The van der Waals surface area contributed by atoms with Gasteiger partial charge in [0.25, 0.3) is 0 Å². The van der Waals surface area contributed by atoms with Crippen molar-refractivity contribution >= 4 is 28.5 Å². The van der Waals surface area contributed by atoms with Crippen LogP contribution in [0.3, 0.4) is 0 Å². The van der Waals surface area contributed by atoms with E-state index < -0.39 is 0 Å². The first-order chi connectivity index (χ1) is 10.2. The third kappa shape index (κ3) is 3.10. The highest BCUT2D eigenvalue weighted by atomic mass is 35.5. The molecule has 0 unspecified atom stereocenters. The number of likely N-dealkylation sites (N-methyl/N-ethyl adjacent to an activating group) is 1. The summed E-state index contributed by atoms with van der Waals surface area (Å²) in [5.41, 5.74) is 1.83. The lowest BCUT2D eigenvalue weighted by atomic mass is 10.1. The number of hydrogen-bond acceptors (Lipinski definition) is 5. The third-order valence-electron chi connectivity index (χ3n) is 3.84. The second kappa shape index (κ2) is 6.13. The Morgan fingerprint density at radius 3 is 2.81 bits per heavy atom. The van der Waals surface area contributed by atoms with Crippen molar-refractivity contribution in [2.24, 2.45) is 0 Å². The number of Topliss-reactive ketones (excluding diaryl/α,β-unsaturated/α-hetero) is 1. The zero-order chi connectivity index (χ0) is 14.8. The molecule has 1 aromatic carbocycles. The first kappa shape index (κ1) is 14.5. The zero-order valence-corrected chi connectivity index (χ0v) is 12.8. The molecule has 112 valence electrons. The largest absolute Gasteiger partial charge is 0.439 e. The molecule has 0 amide bonds. The van der Waals surface area contributed by atoms with Gasteiger partial charge in [0.15, 0.2) is 11.4 Å². The van der Waals surface area contributed by atoms with Gasteiger partial charge >= 0.3 is 0 Å². The summed E-state index contributed by atoms with van der Waals surface area (Å²) in [4.78, 5) is 21.2. The molecular formula is C15H18ClN3O2. The molecule has 3 rings (SSSR count). The number of piperazine rings is 1. The lowest BCUT2D eigenvalue weighted by Gasteiger charge is -2.31. The number of halogens is 1. The van der Waals surface area contributed by atoms with Gasteiger partial charge in [-0.15, -0.1) is 11.6 Å². The van der Waals surface area contributed by atoms with E-state index in [0.717, 1.165) is 26.2 Å². The first-order valence-corrected chi connectivity index (χ1v) is 7.59. The molecule has 1 fully saturated rings. The van der Waals surface area contributed by atoms with Crippen LogP contribution in [0.25, 0.3) is 11.1 Å². The summed E-state index contributed by atoms with van der Waals surface area (Å²) < 4.78 is 5.59. The number of alkyl halides is 1. The second-order valence-corrected chi connectivity index (χ2v) is 5.66. The van der Waals surface area contributed by atoms with Gasteiger partial charge < -0.3 is 9.32 Å². The molecule has 1 saturated heterocycles. The van der Waals surface area contributed by atoms with Gasteiger partial charge in [0.2, 0.25) is 5.89 Å². The van der Waals surface area contributed by atoms with E-state index in [2.05, 4.69) is 21.8 Å². The quantitative estimate of drug-likeness (QED) is 0.639. The van der Waals surface area contributed by atoms with E-state index in [0.29, 0.717) is 29.1 Å². The fraction of sp³-hybridized carbons (Fsp3) is 0.467. The molecule has 21 heavy (non-hydrogen) atoms. The Morgan fingerprint density at radius 1 is 1.33 bits per heavy atom. The van der Waals surface area contributed by atoms with Gasteiger partial charge in [-0.1, -0.05) is 6.07 Å². The summed E-state index contributed by atoms with van der Waals surface area (Å²) in [7, 11) is 2.10. The molecule has 0 radical (unpaired) electrons. The van der Waals surface area contributed by atoms with Crippen LogP contribution in [-0.4, -0.2) is 60.3 Å². The topological polar surface area (TPSA) is 49.6 Å². The van der Waals surface area contributed by atoms with Gasteiger partial charge in [0.05, 0.1) is 18.0 Å². The average Bonchev–Trinajstić information content (AvgIpc) is 2.92. The highest BCUT2D eigenvalue weighted by molar-refractivity contribution is 6.16. The Kier molecular flexibility index (Phi) is 4.24. The molecule has 0 N–H and O–H groups in total. The number of carbonyl (C=O) groups is 1. The molecule has 0 aliphatic carbocycles. The molecule has 6 heteroatoms. The number of ketones is 1. The van der Waals surface area contributed by atoms with Crippen molar-refractivity contribution in [2.75, 3.05) is 39.8 Å². The fourth-order valence-electron chi connectivity index (χ4n) is 2.57. The van der Waals surface area contributed by atoms with Crippen molar-refractivity contribution in [1.82, 2.24) is 14.8 Å². The van der Waals surface area contributed by atoms with Crippen LogP contribution in [-0.2, 0) is 5.88 Å². The number of carbonyl (C=O) groups excluding carboxylic acids is 1. The van der Waals surface area contributed by atoms with Gasteiger partial charge in [-0.2, -0.15) is 0 Å². The van der Waals surface area contributed by atoms with Gasteiger partial charge in [-0.25, -0.2) is 4.98 Å². The number of aromatic nitrogens is 1. The standard InChI is InChI=1S/C15H18ClN3O2/c1-18-5-7-19(8-6-18)10-13(20)11-3-2-4-12-15(11)21-14(9-16)17-12/h2-4H,5-10H2,1H3. The Bertz CT molecular complexity index is 647. The normalized spacial score (nSPS) is 17.4. The number of hydrogen-bond donors (Lipinski definition) is 0. The molecule has 2 heterocycles. The molecule has 5 nitrogen and oxygen atoms in total. The van der Waals surface area contributed by atoms with Crippen LogP contribution < -0.4 is 0 Å². The highest BCUT2D eigenvalue weighted by Crippen LogP contribution is 2.21. The van der Waals surface area contributed by atoms with Crippen LogP contribution in [0.2, 0.25) is 0 Å². The van der Waals surface area contributed by atoms with Gasteiger partial charge in [0.1, 0.15) is 5.52 Å². The van der Waals surface area contributed by atoms with Crippen LogP contribution >= 0.6 is 11.6 Å². The SMILES string of the molecule is CN1CCN(CC(=O)c2cccc3nc(CCl)oc23)CC1. The minimum atomic E-state index is 0.0717. The van der Waals surface area contributed by atoms with Gasteiger partial charge in [-0.3, -0.25) is 9.69 Å². The van der Waals surface area contributed by atoms with Crippen molar-refractivity contribution in [3.63, 3.8) is 0 Å². The highest BCUT2D eigenvalue weighted by Gasteiger charge is 2.20. The van der Waals surface area contributed by atoms with E-state index >= 15 is 0 Å². The van der Waals surface area contributed by atoms with Crippen LogP contribution in [0.1, 0.15) is 16.2 Å². The molecular weight excluding hydrogens is 290 g/mol. The van der Waals surface area contributed by atoms with Gasteiger partial charge in [-0.05, 0) is 19.2 Å². The molecule has 2 aromatic rings. The minimum absolute atomic E-state index is 0.0717. The van der Waals surface area contributed by atoms with Crippen LogP contribution in [0.5, 0.6) is 0 Å². The van der Waals surface area contributed by atoms with E-state index in [1.165, 1.54) is 0 Å². The van der Waals surface area contributed by atoms with Crippen molar-refractivity contribution in [2.45, 2.75) is 5.88 Å². The zero-order valence-electron chi connectivity index (χ0n) is 12.0. The lowest BCUT2D eigenvalue weighted by Crippen LogP contribution is -2.46. The number of nitrogens with zero attached hydrogens (tertiary/aromatic N) is 3. The number of benzene rings is 1. The van der Waals surface area contributed by atoms with E-state index in [4.69, 9.17) is 16.0 Å². The predicted octanol–water partition coefficient (Wildman–Crippen LogP) is 2.00. The van der Waals surface area contributed by atoms with E-state index in [-0.39, 0.29) is 11.7 Å². The summed E-state index contributed by atoms with van der Waals surface area (Å²) >= 11 is 5.75. The van der Waals surface area contributed by atoms with Crippen molar-refractivity contribution in [3.8, 4) is 0 Å². The van der Waals surface area contributed by atoms with E-state index in [1.807, 2.05) is 12.1 Å². The third-order valence-corrected chi connectivity index (χ3v) is 4.07. The fourth-order valence-corrected chi connectivity index (χ4v) is 2.68. The number of fused-ring (bicyclic) bond motifs is 1. The molecule has 0 bridgehead atoms. The van der Waals surface area contributed by atoms with Crippen molar-refractivity contribution < 1.29 is 9.21 Å². The Labute approximate surface area is 128 Å². The summed E-state index contributed by atoms with van der Waals surface area (Å²) in [5, 5.41) is 0. The molecule has 1 aliphatic rings. The second-order valence-electron chi connectivity index (χ2n) is 5.40. The number of rotatable bonds is 4. The van der Waals surface area contributed by atoms with Crippen LogP contribution in [0.15, 0.2) is 22.6 Å². The van der Waals surface area contributed by atoms with E-state index in [1.54, 1.807) is 6.07 Å². The number of para-hydroxylation sites is 1. The predicted molar refractivity (Wildman–Crippen MR) is 81.8 cm³/mol. The average molecular weight is 308 g/mol. The first-order valence-electron chi connectivity index (χ1n) is 7.06. The maximum atomic E-state index is 12.5. The summed E-state index contributed by atoms with van der Waals surface area (Å²) in [5.74, 6) is 0.731. The number of oxazole rings is 1. The Morgan fingerprint density at radius 2 is 2.10 bits per heavy atom.